The van der Waals surface area contributed by atoms with Crippen molar-refractivity contribution < 1.29 is 4.79 Å². The van der Waals surface area contributed by atoms with E-state index in [4.69, 9.17) is 5.73 Å². The van der Waals surface area contributed by atoms with Gasteiger partial charge in [0, 0.05) is 16.0 Å². The zero-order valence-corrected chi connectivity index (χ0v) is 14.6. The van der Waals surface area contributed by atoms with Gasteiger partial charge in [-0.1, -0.05) is 13.8 Å². The number of hydrogen-bond acceptors (Lipinski definition) is 5. The van der Waals surface area contributed by atoms with Gasteiger partial charge in [-0.2, -0.15) is 0 Å². The number of nitrogens with one attached hydrogen (secondary N) is 1. The summed E-state index contributed by atoms with van der Waals surface area (Å²) in [6.45, 7) is 4.25. The predicted molar refractivity (Wildman–Crippen MR) is 94.7 cm³/mol. The zero-order valence-electron chi connectivity index (χ0n) is 13.0. The lowest BCUT2D eigenvalue weighted by Crippen LogP contribution is -2.15. The largest absolute Gasteiger partial charge is 0.322 e. The second kappa shape index (κ2) is 7.76. The summed E-state index contributed by atoms with van der Waals surface area (Å²) in [4.78, 5) is 17.7. The van der Waals surface area contributed by atoms with E-state index >= 15 is 0 Å². The lowest BCUT2D eigenvalue weighted by molar-refractivity contribution is 0.102. The fourth-order valence-corrected chi connectivity index (χ4v) is 3.26. The van der Waals surface area contributed by atoms with Crippen LogP contribution in [-0.4, -0.2) is 17.1 Å². The van der Waals surface area contributed by atoms with Crippen LogP contribution in [-0.2, 0) is 0 Å². The molecule has 0 saturated carbocycles. The Balaban J connectivity index is 2.02. The lowest BCUT2D eigenvalue weighted by atomic mass is 10.1. The fraction of sp³-hybridized carbons (Fsp3) is 0.375. The Kier molecular flexibility index (Phi) is 5.99. The molecule has 1 atom stereocenters. The van der Waals surface area contributed by atoms with Gasteiger partial charge < -0.3 is 11.1 Å². The van der Waals surface area contributed by atoms with E-state index in [9.17, 15) is 4.79 Å². The smallest absolute Gasteiger partial charge is 0.275 e. The second-order valence-electron chi connectivity index (χ2n) is 5.49. The van der Waals surface area contributed by atoms with Crippen LogP contribution < -0.4 is 11.1 Å². The van der Waals surface area contributed by atoms with Crippen molar-refractivity contribution in [2.24, 2.45) is 11.7 Å². The maximum absolute atomic E-state index is 12.2. The monoisotopic (exact) mass is 335 g/mol. The van der Waals surface area contributed by atoms with E-state index < -0.39 is 0 Å². The molecule has 3 N–H and O–H groups in total. The Morgan fingerprint density at radius 3 is 2.64 bits per heavy atom. The van der Waals surface area contributed by atoms with Crippen LogP contribution in [0.2, 0.25) is 0 Å². The van der Waals surface area contributed by atoms with Gasteiger partial charge in [0.25, 0.3) is 5.91 Å². The fourth-order valence-electron chi connectivity index (χ4n) is 2.04. The van der Waals surface area contributed by atoms with Crippen LogP contribution in [0.3, 0.4) is 0 Å². The molecular weight excluding hydrogens is 314 g/mol. The van der Waals surface area contributed by atoms with E-state index in [1.807, 2.05) is 30.5 Å². The molecule has 2 aromatic rings. The van der Waals surface area contributed by atoms with Crippen molar-refractivity contribution in [1.29, 1.82) is 0 Å². The topological polar surface area (TPSA) is 68.0 Å². The van der Waals surface area contributed by atoms with Crippen LogP contribution in [0.1, 0.15) is 41.8 Å². The molecule has 1 unspecified atom stereocenters. The van der Waals surface area contributed by atoms with Crippen molar-refractivity contribution in [3.05, 3.63) is 40.3 Å². The average Bonchev–Trinajstić information content (AvgIpc) is 2.97. The summed E-state index contributed by atoms with van der Waals surface area (Å²) in [5, 5.41) is 5.44. The molecule has 1 aromatic carbocycles. The van der Waals surface area contributed by atoms with Crippen molar-refractivity contribution in [2.75, 3.05) is 11.6 Å². The van der Waals surface area contributed by atoms with E-state index in [0.29, 0.717) is 11.6 Å². The molecule has 0 saturated heterocycles. The molecule has 0 fully saturated rings. The molecule has 1 aromatic heterocycles. The van der Waals surface area contributed by atoms with Gasteiger partial charge in [-0.15, -0.1) is 23.1 Å². The second-order valence-corrected chi connectivity index (χ2v) is 7.26. The third kappa shape index (κ3) is 4.56. The molecule has 2 rings (SSSR count). The first kappa shape index (κ1) is 17.0. The molecule has 1 heterocycles. The standard InChI is InChI=1S/C16H21N3OS2/c1-10(2)8-13(17)16-19-14(9-22-16)15(20)18-11-4-6-12(21-3)7-5-11/h4-7,9-10,13H,8,17H2,1-3H3,(H,18,20). The van der Waals surface area contributed by atoms with Crippen molar-refractivity contribution in [2.45, 2.75) is 31.2 Å². The SMILES string of the molecule is CSc1ccc(NC(=O)c2csc(C(N)CC(C)C)n2)cc1. The Bertz CT molecular complexity index is 623. The Hall–Kier alpha value is -1.37. The molecule has 1 amide bonds. The van der Waals surface area contributed by atoms with Gasteiger partial charge in [0.05, 0.1) is 6.04 Å². The normalized spacial score (nSPS) is 12.4. The van der Waals surface area contributed by atoms with Crippen molar-refractivity contribution in [1.82, 2.24) is 4.98 Å². The molecule has 0 aliphatic rings. The summed E-state index contributed by atoms with van der Waals surface area (Å²) in [6, 6.07) is 7.63. The number of nitrogens with two attached hydrogens (primary N) is 1. The number of benzene rings is 1. The summed E-state index contributed by atoms with van der Waals surface area (Å²) in [5.74, 6) is 0.308. The van der Waals surface area contributed by atoms with E-state index in [-0.39, 0.29) is 11.9 Å². The van der Waals surface area contributed by atoms with Crippen LogP contribution in [0.4, 0.5) is 5.69 Å². The third-order valence-corrected chi connectivity index (χ3v) is 4.87. The van der Waals surface area contributed by atoms with Gasteiger partial charge in [-0.25, -0.2) is 4.98 Å². The number of anilines is 1. The van der Waals surface area contributed by atoms with Crippen molar-refractivity contribution >= 4 is 34.7 Å². The zero-order chi connectivity index (χ0) is 16.1. The minimum Gasteiger partial charge on any atom is -0.322 e. The van der Waals surface area contributed by atoms with E-state index in [0.717, 1.165) is 22.0 Å². The summed E-state index contributed by atoms with van der Waals surface area (Å²) < 4.78 is 0. The van der Waals surface area contributed by atoms with Gasteiger partial charge in [0.15, 0.2) is 0 Å². The van der Waals surface area contributed by atoms with E-state index in [2.05, 4.69) is 24.1 Å². The maximum atomic E-state index is 12.2. The highest BCUT2D eigenvalue weighted by Gasteiger charge is 2.16. The number of aromatic nitrogens is 1. The summed E-state index contributed by atoms with van der Waals surface area (Å²) >= 11 is 3.11. The third-order valence-electron chi connectivity index (χ3n) is 3.15. The highest BCUT2D eigenvalue weighted by atomic mass is 32.2. The Morgan fingerprint density at radius 1 is 1.36 bits per heavy atom. The maximum Gasteiger partial charge on any atom is 0.275 e. The molecule has 22 heavy (non-hydrogen) atoms. The number of amides is 1. The first-order valence-corrected chi connectivity index (χ1v) is 9.26. The van der Waals surface area contributed by atoms with Gasteiger partial charge >= 0.3 is 0 Å². The molecule has 0 aliphatic carbocycles. The van der Waals surface area contributed by atoms with Crippen LogP contribution in [0, 0.1) is 5.92 Å². The van der Waals surface area contributed by atoms with Gasteiger partial charge in [0.1, 0.15) is 10.7 Å². The molecule has 0 spiro atoms. The quantitative estimate of drug-likeness (QED) is 0.778. The van der Waals surface area contributed by atoms with Crippen LogP contribution >= 0.6 is 23.1 Å². The number of thioether (sulfide) groups is 1. The number of nitrogens with zero attached hydrogens (tertiary/aromatic N) is 1. The van der Waals surface area contributed by atoms with Crippen molar-refractivity contribution in [3.63, 3.8) is 0 Å². The predicted octanol–water partition coefficient (Wildman–Crippen LogP) is 4.16. The molecule has 6 heteroatoms. The molecular formula is C16H21N3OS2. The number of hydrogen-bond donors (Lipinski definition) is 2. The number of rotatable bonds is 6. The first-order valence-electron chi connectivity index (χ1n) is 7.16. The average molecular weight is 335 g/mol. The molecule has 118 valence electrons. The van der Waals surface area contributed by atoms with Crippen molar-refractivity contribution in [3.8, 4) is 0 Å². The summed E-state index contributed by atoms with van der Waals surface area (Å²) in [6.07, 6.45) is 2.88. The van der Waals surface area contributed by atoms with E-state index in [1.54, 1.807) is 17.1 Å². The van der Waals surface area contributed by atoms with Crippen LogP contribution in [0.5, 0.6) is 0 Å². The van der Waals surface area contributed by atoms with Gasteiger partial charge in [-0.05, 0) is 42.9 Å². The molecule has 4 nitrogen and oxygen atoms in total. The first-order chi connectivity index (χ1) is 10.5. The summed E-state index contributed by atoms with van der Waals surface area (Å²) in [7, 11) is 0. The highest BCUT2D eigenvalue weighted by molar-refractivity contribution is 7.98. The number of carbonyl (C=O) groups is 1. The molecule has 0 aliphatic heterocycles. The Morgan fingerprint density at radius 2 is 2.05 bits per heavy atom. The van der Waals surface area contributed by atoms with E-state index in [1.165, 1.54) is 11.3 Å². The minimum atomic E-state index is -0.198. The Labute approximate surface area is 139 Å². The number of carbonyl (C=O) groups excluding carboxylic acids is 1. The minimum absolute atomic E-state index is 0.104. The lowest BCUT2D eigenvalue weighted by Gasteiger charge is -2.10. The van der Waals surface area contributed by atoms with Gasteiger partial charge in [-0.3, -0.25) is 4.79 Å². The number of thiazole rings is 1. The van der Waals surface area contributed by atoms with Gasteiger partial charge in [0.2, 0.25) is 0 Å². The molecule has 0 bridgehead atoms. The molecule has 0 radical (unpaired) electrons. The van der Waals surface area contributed by atoms with Crippen LogP contribution in [0.15, 0.2) is 34.5 Å². The van der Waals surface area contributed by atoms with Crippen LogP contribution in [0.25, 0.3) is 0 Å². The summed E-state index contributed by atoms with van der Waals surface area (Å²) in [5.41, 5.74) is 7.30. The highest BCUT2D eigenvalue weighted by Crippen LogP contribution is 2.23.